The average Bonchev–Trinajstić information content (AvgIpc) is 3.40. The molecule has 3 unspecified atom stereocenters. The quantitative estimate of drug-likeness (QED) is 0.522. The molecule has 164 valence electrons. The van der Waals surface area contributed by atoms with Gasteiger partial charge in [-0.05, 0) is 12.5 Å². The molecule has 0 aromatic carbocycles. The van der Waals surface area contributed by atoms with Crippen molar-refractivity contribution in [1.82, 2.24) is 29.2 Å². The molecule has 9 nitrogen and oxygen atoms in total. The molecule has 0 aliphatic carbocycles. The van der Waals surface area contributed by atoms with Gasteiger partial charge in [-0.3, -0.25) is 9.30 Å². The molecule has 0 amide bonds. The molecule has 0 radical (unpaired) electrons. The minimum Gasteiger partial charge on any atom is -0.353 e. The van der Waals surface area contributed by atoms with Crippen LogP contribution in [0.5, 0.6) is 0 Å². The van der Waals surface area contributed by atoms with Crippen LogP contribution < -0.4 is 4.90 Å². The van der Waals surface area contributed by atoms with Gasteiger partial charge in [-0.25, -0.2) is 37.1 Å². The number of hydrogen-bond acceptors (Lipinski definition) is 8. The first-order chi connectivity index (χ1) is 14.8. The van der Waals surface area contributed by atoms with Gasteiger partial charge in [-0.15, -0.1) is 0 Å². The second kappa shape index (κ2) is 7.45. The van der Waals surface area contributed by atoms with Gasteiger partial charge in [-0.2, -0.15) is 0 Å². The second-order valence-corrected chi connectivity index (χ2v) is 10.3. The summed E-state index contributed by atoms with van der Waals surface area (Å²) in [6.45, 7) is 2.44. The van der Waals surface area contributed by atoms with E-state index in [1.54, 1.807) is 12.4 Å². The summed E-state index contributed by atoms with van der Waals surface area (Å²) in [5, 5.41) is 0. The Morgan fingerprint density at radius 3 is 2.77 bits per heavy atom. The zero-order valence-corrected chi connectivity index (χ0v) is 17.6. The summed E-state index contributed by atoms with van der Waals surface area (Å²) in [5.41, 5.74) is 0.585. The molecule has 0 N–H and O–H groups in total. The Morgan fingerprint density at radius 2 is 2.00 bits per heavy atom. The summed E-state index contributed by atoms with van der Waals surface area (Å²) in [6.07, 6.45) is 4.88. The highest BCUT2D eigenvalue weighted by Gasteiger charge is 2.45. The van der Waals surface area contributed by atoms with Crippen molar-refractivity contribution in [2.24, 2.45) is 0 Å². The van der Waals surface area contributed by atoms with Gasteiger partial charge in [0, 0.05) is 50.4 Å². The Labute approximate surface area is 177 Å². The number of anilines is 1. The summed E-state index contributed by atoms with van der Waals surface area (Å²) >= 11 is 0. The number of sulfone groups is 1. The number of fused-ring (bicyclic) bond motifs is 2. The normalized spacial score (nSPS) is 23.4. The van der Waals surface area contributed by atoms with Crippen LogP contribution in [-0.2, 0) is 9.84 Å². The van der Waals surface area contributed by atoms with Crippen molar-refractivity contribution in [3.63, 3.8) is 0 Å². The fourth-order valence-electron chi connectivity index (χ4n) is 4.12. The Kier molecular flexibility index (Phi) is 4.85. The van der Waals surface area contributed by atoms with E-state index in [2.05, 4.69) is 29.7 Å². The molecule has 3 atom stereocenters. The van der Waals surface area contributed by atoms with Crippen molar-refractivity contribution < 1.29 is 17.2 Å². The van der Waals surface area contributed by atoms with E-state index in [4.69, 9.17) is 0 Å². The minimum absolute atomic E-state index is 0.155. The molecule has 3 aromatic heterocycles. The number of piperazine rings is 1. The van der Waals surface area contributed by atoms with Crippen molar-refractivity contribution in [2.45, 2.75) is 24.9 Å². The molecule has 0 spiro atoms. The highest BCUT2D eigenvalue weighted by atomic mass is 32.2. The second-order valence-electron chi connectivity index (χ2n) is 8.05. The number of aromatic nitrogens is 5. The third-order valence-corrected chi connectivity index (χ3v) is 6.72. The predicted molar refractivity (Wildman–Crippen MR) is 110 cm³/mol. The van der Waals surface area contributed by atoms with E-state index in [1.165, 1.54) is 23.1 Å². The lowest BCUT2D eigenvalue weighted by Gasteiger charge is -2.34. The maximum absolute atomic E-state index is 13.1. The molecule has 3 aromatic rings. The van der Waals surface area contributed by atoms with Crippen molar-refractivity contribution in [3.05, 3.63) is 36.5 Å². The molecule has 0 bridgehead atoms. The standard InChI is InChI=1S/C19H21F2N7O2S/c1-31(29,30)5-3-12-8-26(9-13-10-27(12)13)16-2-4-22-19(25-16)15-6-24-17-7-23-14(18(20)21)11-28(15)17/h2,4,6-7,11-13,18H,3,5,8-10H2,1H3. The number of alkyl halides is 2. The molecule has 5 rings (SSSR count). The van der Waals surface area contributed by atoms with E-state index >= 15 is 0 Å². The lowest BCUT2D eigenvalue weighted by molar-refractivity contribution is 0.145. The summed E-state index contributed by atoms with van der Waals surface area (Å²) in [4.78, 5) is 21.4. The van der Waals surface area contributed by atoms with Crippen molar-refractivity contribution in [1.29, 1.82) is 0 Å². The van der Waals surface area contributed by atoms with Crippen LogP contribution in [0.15, 0.2) is 30.9 Å². The van der Waals surface area contributed by atoms with Gasteiger partial charge in [0.25, 0.3) is 6.43 Å². The van der Waals surface area contributed by atoms with Crippen molar-refractivity contribution >= 4 is 21.3 Å². The fourth-order valence-corrected chi connectivity index (χ4v) is 4.82. The zero-order chi connectivity index (χ0) is 21.8. The van der Waals surface area contributed by atoms with Gasteiger partial charge in [0.05, 0.1) is 18.1 Å². The lowest BCUT2D eigenvalue weighted by Crippen LogP contribution is -2.46. The topological polar surface area (TPSA) is 96.4 Å². The molecule has 12 heteroatoms. The Morgan fingerprint density at radius 1 is 1.16 bits per heavy atom. The third-order valence-electron chi connectivity index (χ3n) is 5.74. The van der Waals surface area contributed by atoms with Gasteiger partial charge in [0.1, 0.15) is 27.0 Å². The minimum atomic E-state index is -3.02. The van der Waals surface area contributed by atoms with E-state index in [0.717, 1.165) is 18.9 Å². The Hall–Kier alpha value is -2.73. The van der Waals surface area contributed by atoms with E-state index in [0.29, 0.717) is 36.2 Å². The highest BCUT2D eigenvalue weighted by molar-refractivity contribution is 7.90. The third kappa shape index (κ3) is 4.09. The largest absolute Gasteiger partial charge is 0.353 e. The number of nitrogens with zero attached hydrogens (tertiary/aromatic N) is 7. The van der Waals surface area contributed by atoms with Crippen LogP contribution in [0.25, 0.3) is 17.2 Å². The molecule has 31 heavy (non-hydrogen) atoms. The molecule has 2 fully saturated rings. The average molecular weight is 449 g/mol. The van der Waals surface area contributed by atoms with Crippen LogP contribution in [0.1, 0.15) is 18.5 Å². The van der Waals surface area contributed by atoms with Gasteiger partial charge in [-0.1, -0.05) is 0 Å². The van der Waals surface area contributed by atoms with Crippen molar-refractivity contribution in [2.75, 3.05) is 36.5 Å². The summed E-state index contributed by atoms with van der Waals surface area (Å²) < 4.78 is 50.8. The van der Waals surface area contributed by atoms with Crippen LogP contribution in [-0.4, -0.2) is 81.4 Å². The van der Waals surface area contributed by atoms with E-state index in [-0.39, 0.29) is 17.5 Å². The van der Waals surface area contributed by atoms with Gasteiger partial charge < -0.3 is 4.90 Å². The molecule has 0 saturated carbocycles. The lowest BCUT2D eigenvalue weighted by atomic mass is 10.1. The van der Waals surface area contributed by atoms with Gasteiger partial charge in [0.2, 0.25) is 0 Å². The van der Waals surface area contributed by atoms with Crippen molar-refractivity contribution in [3.8, 4) is 11.5 Å². The number of halogens is 2. The molecule has 2 saturated heterocycles. The number of imidazole rings is 1. The number of hydrogen-bond donors (Lipinski definition) is 0. The summed E-state index contributed by atoms with van der Waals surface area (Å²) in [7, 11) is -3.02. The Balaban J connectivity index is 1.42. The van der Waals surface area contributed by atoms with Crippen LogP contribution in [0, 0.1) is 0 Å². The summed E-state index contributed by atoms with van der Waals surface area (Å²) in [5.74, 6) is 1.26. The maximum atomic E-state index is 13.1. The van der Waals surface area contributed by atoms with Crippen LogP contribution in [0.2, 0.25) is 0 Å². The van der Waals surface area contributed by atoms with E-state index in [1.807, 2.05) is 6.07 Å². The number of rotatable bonds is 6. The van der Waals surface area contributed by atoms with E-state index in [9.17, 15) is 17.2 Å². The Bertz CT molecular complexity index is 1230. The molecule has 5 heterocycles. The van der Waals surface area contributed by atoms with E-state index < -0.39 is 16.3 Å². The van der Waals surface area contributed by atoms with Crippen LogP contribution in [0.3, 0.4) is 0 Å². The maximum Gasteiger partial charge on any atom is 0.281 e. The van der Waals surface area contributed by atoms with Gasteiger partial charge in [0.15, 0.2) is 11.5 Å². The summed E-state index contributed by atoms with van der Waals surface area (Å²) in [6, 6.07) is 2.36. The molecular formula is C19H21F2N7O2S. The SMILES string of the molecule is CS(=O)(=O)CCC1CN(c2ccnc(-c3cnc4cnc(C(F)F)cn34)n2)CC2CN12. The predicted octanol–water partition coefficient (Wildman–Crippen LogP) is 1.43. The fraction of sp³-hybridized carbons (Fsp3) is 0.474. The highest BCUT2D eigenvalue weighted by Crippen LogP contribution is 2.32. The first-order valence-corrected chi connectivity index (χ1v) is 12.0. The van der Waals surface area contributed by atoms with Crippen LogP contribution >= 0.6 is 0 Å². The molecule has 2 aliphatic rings. The molecule has 2 aliphatic heterocycles. The van der Waals surface area contributed by atoms with Gasteiger partial charge >= 0.3 is 0 Å². The zero-order valence-electron chi connectivity index (χ0n) is 16.8. The monoisotopic (exact) mass is 449 g/mol. The first kappa shape index (κ1) is 20.2. The first-order valence-electron chi connectivity index (χ1n) is 9.91. The van der Waals surface area contributed by atoms with Crippen LogP contribution in [0.4, 0.5) is 14.6 Å². The molecular weight excluding hydrogens is 428 g/mol. The smallest absolute Gasteiger partial charge is 0.281 e.